The number of halogens is 2. The van der Waals surface area contributed by atoms with E-state index < -0.39 is 8.32 Å². The van der Waals surface area contributed by atoms with Crippen LogP contribution in [-0.4, -0.2) is 13.1 Å². The zero-order valence-electron chi connectivity index (χ0n) is 10.8. The van der Waals surface area contributed by atoms with Gasteiger partial charge < -0.3 is 4.80 Å². The highest BCUT2D eigenvalue weighted by Crippen LogP contribution is 2.40. The van der Waals surface area contributed by atoms with Gasteiger partial charge in [-0.15, -0.1) is 0 Å². The molecule has 17 heavy (non-hydrogen) atoms. The average molecular weight is 366 g/mol. The van der Waals surface area contributed by atoms with Crippen LogP contribution in [0.4, 0.5) is 4.39 Å². The van der Waals surface area contributed by atoms with Crippen LogP contribution in [0.2, 0.25) is 18.1 Å². The Bertz CT molecular complexity index is 399. The number of benzene rings is 1. The van der Waals surface area contributed by atoms with Gasteiger partial charge >= 0.3 is 0 Å². The third-order valence-corrected chi connectivity index (χ3v) is 8.30. The molecule has 0 saturated heterocycles. The van der Waals surface area contributed by atoms with E-state index in [9.17, 15) is 9.19 Å². The highest BCUT2D eigenvalue weighted by Gasteiger charge is 2.37. The molecule has 0 amide bonds. The van der Waals surface area contributed by atoms with Crippen molar-refractivity contribution in [1.82, 2.24) is 0 Å². The summed E-state index contributed by atoms with van der Waals surface area (Å²) in [7, 11) is -2.17. The van der Waals surface area contributed by atoms with Crippen LogP contribution in [0.5, 0.6) is 0 Å². The molecule has 0 aliphatic rings. The molecule has 1 rings (SSSR count). The van der Waals surface area contributed by atoms with E-state index in [4.69, 9.17) is 0 Å². The van der Waals surface area contributed by atoms with Gasteiger partial charge in [0, 0.05) is 3.57 Å². The SMILES string of the molecule is CC(C)(CCc1cc(F)ccc1I)[Si](C)(C)O. The van der Waals surface area contributed by atoms with Crippen LogP contribution in [0.1, 0.15) is 25.8 Å². The molecule has 0 aliphatic carbocycles. The first kappa shape index (κ1) is 15.1. The van der Waals surface area contributed by atoms with Crippen molar-refractivity contribution in [3.05, 3.63) is 33.1 Å². The van der Waals surface area contributed by atoms with Crippen LogP contribution in [0, 0.1) is 9.39 Å². The molecule has 0 heterocycles. The van der Waals surface area contributed by atoms with Crippen LogP contribution in [0.15, 0.2) is 18.2 Å². The molecule has 0 unspecified atom stereocenters. The van der Waals surface area contributed by atoms with Gasteiger partial charge in [0.25, 0.3) is 0 Å². The first-order valence-electron chi connectivity index (χ1n) is 5.80. The Morgan fingerprint density at radius 3 is 2.47 bits per heavy atom. The predicted octanol–water partition coefficient (Wildman–Crippen LogP) is 4.34. The van der Waals surface area contributed by atoms with E-state index >= 15 is 0 Å². The summed E-state index contributed by atoms with van der Waals surface area (Å²) in [5.74, 6) is -0.182. The fraction of sp³-hybridized carbons (Fsp3) is 0.538. The average Bonchev–Trinajstić information content (AvgIpc) is 2.18. The van der Waals surface area contributed by atoms with Gasteiger partial charge in [-0.25, -0.2) is 4.39 Å². The third kappa shape index (κ3) is 4.03. The number of aryl methyl sites for hydroxylation is 1. The van der Waals surface area contributed by atoms with Crippen molar-refractivity contribution in [3.63, 3.8) is 0 Å². The Hall–Kier alpha value is 0.0569. The third-order valence-electron chi connectivity index (χ3n) is 3.68. The maximum Gasteiger partial charge on any atom is 0.188 e. The lowest BCUT2D eigenvalue weighted by atomic mass is 10.0. The van der Waals surface area contributed by atoms with Crippen LogP contribution in [-0.2, 0) is 6.42 Å². The van der Waals surface area contributed by atoms with Gasteiger partial charge in [-0.2, -0.15) is 0 Å². The van der Waals surface area contributed by atoms with E-state index in [0.717, 1.165) is 22.0 Å². The van der Waals surface area contributed by atoms with Crippen molar-refractivity contribution in [1.29, 1.82) is 0 Å². The molecule has 0 aliphatic heterocycles. The van der Waals surface area contributed by atoms with Gasteiger partial charge in [0.05, 0.1) is 0 Å². The summed E-state index contributed by atoms with van der Waals surface area (Å²) >= 11 is 2.23. The van der Waals surface area contributed by atoms with E-state index in [1.54, 1.807) is 12.1 Å². The Labute approximate surface area is 118 Å². The summed E-state index contributed by atoms with van der Waals surface area (Å²) in [4.78, 5) is 10.2. The fourth-order valence-corrected chi connectivity index (χ4v) is 2.83. The minimum Gasteiger partial charge on any atom is -0.432 e. The Morgan fingerprint density at radius 2 is 1.94 bits per heavy atom. The van der Waals surface area contributed by atoms with Gasteiger partial charge in [0.15, 0.2) is 8.32 Å². The normalized spacial score (nSPS) is 12.9. The molecule has 0 radical (unpaired) electrons. The second kappa shape index (κ2) is 5.36. The lowest BCUT2D eigenvalue weighted by molar-refractivity contribution is 0.451. The van der Waals surface area contributed by atoms with Crippen molar-refractivity contribution in [2.45, 2.75) is 44.8 Å². The topological polar surface area (TPSA) is 20.2 Å². The largest absolute Gasteiger partial charge is 0.432 e. The number of hydrogen-bond donors (Lipinski definition) is 1. The molecule has 0 spiro atoms. The standard InChI is InChI=1S/C13H20FIOSi/c1-13(2,17(3,4)16)8-7-10-9-11(14)5-6-12(10)15/h5-6,9,16H,7-8H2,1-4H3. The minimum absolute atomic E-state index is 0.0532. The summed E-state index contributed by atoms with van der Waals surface area (Å²) in [6.07, 6.45) is 1.71. The molecule has 1 nitrogen and oxygen atoms in total. The summed E-state index contributed by atoms with van der Waals surface area (Å²) in [6.45, 7) is 8.13. The zero-order chi connectivity index (χ0) is 13.3. The Morgan fingerprint density at radius 1 is 1.35 bits per heavy atom. The van der Waals surface area contributed by atoms with Crippen LogP contribution < -0.4 is 0 Å². The van der Waals surface area contributed by atoms with E-state index in [1.807, 2.05) is 13.1 Å². The molecule has 1 aromatic rings. The van der Waals surface area contributed by atoms with Crippen LogP contribution in [0.3, 0.4) is 0 Å². The molecular formula is C13H20FIOSi. The van der Waals surface area contributed by atoms with Crippen molar-refractivity contribution in [3.8, 4) is 0 Å². The maximum absolute atomic E-state index is 13.2. The molecule has 96 valence electrons. The monoisotopic (exact) mass is 366 g/mol. The lowest BCUT2D eigenvalue weighted by Crippen LogP contribution is -2.39. The highest BCUT2D eigenvalue weighted by atomic mass is 127. The lowest BCUT2D eigenvalue weighted by Gasteiger charge is -2.35. The molecule has 4 heteroatoms. The molecule has 0 atom stereocenters. The summed E-state index contributed by atoms with van der Waals surface area (Å²) in [6, 6.07) is 4.89. The predicted molar refractivity (Wildman–Crippen MR) is 81.2 cm³/mol. The highest BCUT2D eigenvalue weighted by molar-refractivity contribution is 14.1. The molecular weight excluding hydrogens is 346 g/mol. The van der Waals surface area contributed by atoms with E-state index in [1.165, 1.54) is 6.07 Å². The van der Waals surface area contributed by atoms with Gasteiger partial charge in [-0.1, -0.05) is 13.8 Å². The van der Waals surface area contributed by atoms with E-state index in [-0.39, 0.29) is 10.9 Å². The Balaban J connectivity index is 2.77. The van der Waals surface area contributed by atoms with Gasteiger partial charge in [-0.3, -0.25) is 0 Å². The van der Waals surface area contributed by atoms with Crippen molar-refractivity contribution in [2.75, 3.05) is 0 Å². The minimum atomic E-state index is -2.17. The van der Waals surface area contributed by atoms with Gasteiger partial charge in [-0.05, 0) is 77.3 Å². The first-order chi connectivity index (χ1) is 7.63. The van der Waals surface area contributed by atoms with Crippen molar-refractivity contribution in [2.24, 2.45) is 0 Å². The second-order valence-electron chi connectivity index (χ2n) is 5.68. The number of hydrogen-bond acceptors (Lipinski definition) is 1. The first-order valence-corrected chi connectivity index (χ1v) is 9.82. The van der Waals surface area contributed by atoms with Gasteiger partial charge in [0.1, 0.15) is 5.82 Å². The van der Waals surface area contributed by atoms with Crippen molar-refractivity contribution >= 4 is 30.9 Å². The second-order valence-corrected chi connectivity index (χ2v) is 11.3. The quantitative estimate of drug-likeness (QED) is 0.621. The smallest absolute Gasteiger partial charge is 0.188 e. The van der Waals surface area contributed by atoms with E-state index in [0.29, 0.717) is 0 Å². The molecule has 1 aromatic carbocycles. The fourth-order valence-electron chi connectivity index (χ4n) is 1.49. The molecule has 1 N–H and O–H groups in total. The van der Waals surface area contributed by atoms with Crippen LogP contribution in [0.25, 0.3) is 0 Å². The Kier molecular flexibility index (Phi) is 4.77. The molecule has 0 fully saturated rings. The summed E-state index contributed by atoms with van der Waals surface area (Å²) in [5, 5.41) is -0.0532. The van der Waals surface area contributed by atoms with Crippen molar-refractivity contribution < 1.29 is 9.19 Å². The molecule has 0 aromatic heterocycles. The molecule has 0 bridgehead atoms. The molecule has 0 saturated carbocycles. The number of rotatable bonds is 4. The van der Waals surface area contributed by atoms with Gasteiger partial charge in [0.2, 0.25) is 0 Å². The zero-order valence-corrected chi connectivity index (χ0v) is 14.0. The maximum atomic E-state index is 13.2. The van der Waals surface area contributed by atoms with Crippen LogP contribution >= 0.6 is 22.6 Å². The summed E-state index contributed by atoms with van der Waals surface area (Å²) in [5.41, 5.74) is 1.04. The summed E-state index contributed by atoms with van der Waals surface area (Å²) < 4.78 is 14.3. The van der Waals surface area contributed by atoms with E-state index in [2.05, 4.69) is 36.4 Å².